The number of hydrogen-bond acceptors (Lipinski definition) is 4. The normalized spacial score (nSPS) is 17.3. The summed E-state index contributed by atoms with van der Waals surface area (Å²) in [5.41, 5.74) is 0. The molecule has 0 saturated heterocycles. The van der Waals surface area contributed by atoms with Gasteiger partial charge in [0.05, 0.1) is 19.0 Å². The van der Waals surface area contributed by atoms with Gasteiger partial charge in [-0.25, -0.2) is 0 Å². The molecule has 0 amide bonds. The van der Waals surface area contributed by atoms with E-state index in [4.69, 9.17) is 0 Å². The largest absolute Gasteiger partial charge is 0.390 e. The van der Waals surface area contributed by atoms with Gasteiger partial charge in [-0.2, -0.15) is 8.42 Å². The summed E-state index contributed by atoms with van der Waals surface area (Å²) in [5.74, 6) is 0.0618. The molecule has 1 N–H and O–H groups in total. The Kier molecular flexibility index (Phi) is 4.74. The summed E-state index contributed by atoms with van der Waals surface area (Å²) in [4.78, 5) is 0. The molecule has 0 aliphatic rings. The molecule has 0 aromatic carbocycles. The summed E-state index contributed by atoms with van der Waals surface area (Å²) in [7, 11) is -3.42. The van der Waals surface area contributed by atoms with Gasteiger partial charge < -0.3 is 5.11 Å². The van der Waals surface area contributed by atoms with Gasteiger partial charge in [0.25, 0.3) is 10.1 Å². The van der Waals surface area contributed by atoms with Crippen molar-refractivity contribution in [3.05, 3.63) is 0 Å². The fraction of sp³-hybridized carbons (Fsp3) is 1.00. The Morgan fingerprint density at radius 3 is 2.33 bits per heavy atom. The van der Waals surface area contributed by atoms with E-state index in [0.29, 0.717) is 0 Å². The maximum atomic E-state index is 10.5. The van der Waals surface area contributed by atoms with Gasteiger partial charge >= 0.3 is 0 Å². The molecule has 0 fully saturated rings. The van der Waals surface area contributed by atoms with E-state index in [1.165, 1.54) is 0 Å². The lowest BCUT2D eigenvalue weighted by atomic mass is 10.0. The van der Waals surface area contributed by atoms with Gasteiger partial charge in [-0.15, -0.1) is 0 Å². The Bertz CT molecular complexity index is 209. The third-order valence-electron chi connectivity index (χ3n) is 1.75. The van der Waals surface area contributed by atoms with E-state index in [1.54, 1.807) is 0 Å². The minimum atomic E-state index is -3.42. The molecule has 0 bridgehead atoms. The standard InChI is InChI=1S/C7H16O4S/c1-4-6(2)7(8)5-11-12(3,9)10/h6-8H,4-5H2,1-3H3. The second kappa shape index (κ2) is 4.79. The van der Waals surface area contributed by atoms with E-state index in [0.717, 1.165) is 12.7 Å². The molecule has 4 nitrogen and oxygen atoms in total. The Morgan fingerprint density at radius 2 is 2.00 bits per heavy atom. The van der Waals surface area contributed by atoms with Gasteiger partial charge in [0.2, 0.25) is 0 Å². The predicted molar refractivity (Wildman–Crippen MR) is 46.3 cm³/mol. The number of aliphatic hydroxyl groups excluding tert-OH is 1. The van der Waals surface area contributed by atoms with Crippen LogP contribution in [0.4, 0.5) is 0 Å². The summed E-state index contributed by atoms with van der Waals surface area (Å²) in [5, 5.41) is 9.29. The average Bonchev–Trinajstić information content (AvgIpc) is 1.97. The van der Waals surface area contributed by atoms with Crippen LogP contribution in [-0.4, -0.2) is 32.5 Å². The van der Waals surface area contributed by atoms with Crippen LogP contribution in [0.5, 0.6) is 0 Å². The third kappa shape index (κ3) is 5.51. The molecular formula is C7H16O4S. The molecule has 0 radical (unpaired) electrons. The molecule has 0 aliphatic carbocycles. The lowest BCUT2D eigenvalue weighted by molar-refractivity contribution is 0.0650. The van der Waals surface area contributed by atoms with Crippen LogP contribution in [0.1, 0.15) is 20.3 Å². The summed E-state index contributed by atoms with van der Waals surface area (Å²) in [6.07, 6.45) is 1.06. The first-order valence-corrected chi connectivity index (χ1v) is 5.71. The lowest BCUT2D eigenvalue weighted by Crippen LogP contribution is -2.24. The molecular weight excluding hydrogens is 180 g/mol. The van der Waals surface area contributed by atoms with Gasteiger partial charge in [-0.3, -0.25) is 4.18 Å². The fourth-order valence-electron chi connectivity index (χ4n) is 0.630. The predicted octanol–water partition coefficient (Wildman–Crippen LogP) is 0.370. The highest BCUT2D eigenvalue weighted by atomic mass is 32.2. The quantitative estimate of drug-likeness (QED) is 0.645. The van der Waals surface area contributed by atoms with Crippen molar-refractivity contribution in [3.63, 3.8) is 0 Å². The minimum Gasteiger partial charge on any atom is -0.390 e. The second-order valence-electron chi connectivity index (χ2n) is 2.94. The van der Waals surface area contributed by atoms with E-state index in [9.17, 15) is 13.5 Å². The van der Waals surface area contributed by atoms with E-state index >= 15 is 0 Å². The zero-order valence-electron chi connectivity index (χ0n) is 7.65. The second-order valence-corrected chi connectivity index (χ2v) is 4.59. The third-order valence-corrected chi connectivity index (χ3v) is 2.32. The van der Waals surface area contributed by atoms with Gasteiger partial charge in [0.15, 0.2) is 0 Å². The first-order valence-electron chi connectivity index (χ1n) is 3.89. The van der Waals surface area contributed by atoms with Crippen molar-refractivity contribution in [1.82, 2.24) is 0 Å². The Labute approximate surface area is 73.7 Å². The molecule has 0 heterocycles. The van der Waals surface area contributed by atoms with Crippen LogP contribution in [0.2, 0.25) is 0 Å². The number of rotatable bonds is 5. The van der Waals surface area contributed by atoms with Crippen molar-refractivity contribution in [2.45, 2.75) is 26.4 Å². The Hall–Kier alpha value is -0.130. The highest BCUT2D eigenvalue weighted by Gasteiger charge is 2.14. The van der Waals surface area contributed by atoms with Crippen molar-refractivity contribution in [3.8, 4) is 0 Å². The van der Waals surface area contributed by atoms with Crippen LogP contribution >= 0.6 is 0 Å². The molecule has 0 spiro atoms. The molecule has 0 saturated carbocycles. The first kappa shape index (κ1) is 11.9. The molecule has 2 unspecified atom stereocenters. The monoisotopic (exact) mass is 196 g/mol. The van der Waals surface area contributed by atoms with Crippen molar-refractivity contribution < 1.29 is 17.7 Å². The summed E-state index contributed by atoms with van der Waals surface area (Å²) < 4.78 is 25.5. The molecule has 0 aromatic rings. The molecule has 0 aromatic heterocycles. The van der Waals surface area contributed by atoms with E-state index < -0.39 is 16.2 Å². The van der Waals surface area contributed by atoms with Crippen molar-refractivity contribution in [2.75, 3.05) is 12.9 Å². The number of hydrogen-bond donors (Lipinski definition) is 1. The zero-order chi connectivity index (χ0) is 9.78. The summed E-state index contributed by atoms with van der Waals surface area (Å²) in [6, 6.07) is 0. The van der Waals surface area contributed by atoms with Crippen molar-refractivity contribution >= 4 is 10.1 Å². The van der Waals surface area contributed by atoms with Crippen LogP contribution in [0.25, 0.3) is 0 Å². The van der Waals surface area contributed by atoms with Crippen molar-refractivity contribution in [1.29, 1.82) is 0 Å². The van der Waals surface area contributed by atoms with Crippen LogP contribution in [-0.2, 0) is 14.3 Å². The first-order chi connectivity index (χ1) is 5.37. The Morgan fingerprint density at radius 1 is 1.50 bits per heavy atom. The average molecular weight is 196 g/mol. The highest BCUT2D eigenvalue weighted by Crippen LogP contribution is 2.08. The SMILES string of the molecule is CCC(C)C(O)COS(C)(=O)=O. The molecule has 5 heteroatoms. The lowest BCUT2D eigenvalue weighted by Gasteiger charge is -2.15. The van der Waals surface area contributed by atoms with Gasteiger partial charge in [0.1, 0.15) is 0 Å². The fourth-order valence-corrected chi connectivity index (χ4v) is 1.02. The van der Waals surface area contributed by atoms with Crippen LogP contribution < -0.4 is 0 Å². The maximum absolute atomic E-state index is 10.5. The molecule has 12 heavy (non-hydrogen) atoms. The molecule has 2 atom stereocenters. The van der Waals surface area contributed by atoms with Gasteiger partial charge in [0, 0.05) is 0 Å². The molecule has 74 valence electrons. The Balaban J connectivity index is 3.79. The maximum Gasteiger partial charge on any atom is 0.264 e. The molecule has 0 aliphatic heterocycles. The summed E-state index contributed by atoms with van der Waals surface area (Å²) >= 11 is 0. The number of aliphatic hydroxyl groups is 1. The van der Waals surface area contributed by atoms with Crippen LogP contribution in [0, 0.1) is 5.92 Å². The van der Waals surface area contributed by atoms with Crippen LogP contribution in [0.15, 0.2) is 0 Å². The minimum absolute atomic E-state index is 0.0618. The topological polar surface area (TPSA) is 63.6 Å². The van der Waals surface area contributed by atoms with E-state index in [2.05, 4.69) is 4.18 Å². The molecule has 0 rings (SSSR count). The van der Waals surface area contributed by atoms with E-state index in [1.807, 2.05) is 13.8 Å². The zero-order valence-corrected chi connectivity index (χ0v) is 8.47. The van der Waals surface area contributed by atoms with Crippen molar-refractivity contribution in [2.24, 2.45) is 5.92 Å². The highest BCUT2D eigenvalue weighted by molar-refractivity contribution is 7.85. The van der Waals surface area contributed by atoms with Gasteiger partial charge in [-0.1, -0.05) is 20.3 Å². The van der Waals surface area contributed by atoms with E-state index in [-0.39, 0.29) is 12.5 Å². The summed E-state index contributed by atoms with van der Waals surface area (Å²) in [6.45, 7) is 3.62. The van der Waals surface area contributed by atoms with Crippen LogP contribution in [0.3, 0.4) is 0 Å². The van der Waals surface area contributed by atoms with Gasteiger partial charge in [-0.05, 0) is 5.92 Å². The smallest absolute Gasteiger partial charge is 0.264 e.